The number of carbonyl (C=O) groups is 1. The molecule has 0 aromatic heterocycles. The first-order valence-corrected chi connectivity index (χ1v) is 3.44. The number of halogens is 3. The predicted octanol–water partition coefficient (Wildman–Crippen LogP) is -2.22. The molecule has 0 aliphatic rings. The van der Waals surface area contributed by atoms with E-state index in [1.807, 2.05) is 0 Å². The minimum absolute atomic E-state index is 0. The molecule has 76 valence electrons. The maximum atomic E-state index is 12.0. The second kappa shape index (κ2) is 4.87. The number of hydrogen-bond donors (Lipinski definition) is 1. The third-order valence-electron chi connectivity index (χ3n) is 1.54. The largest absolute Gasteiger partial charge is 1.00 e. The summed E-state index contributed by atoms with van der Waals surface area (Å²) in [5, 5.41) is 19.1. The zero-order valence-corrected chi connectivity index (χ0v) is 9.63. The van der Waals surface area contributed by atoms with Crippen molar-refractivity contribution in [3.63, 3.8) is 0 Å². The van der Waals surface area contributed by atoms with Crippen LogP contribution in [0.1, 0.15) is 15.9 Å². The quantitative estimate of drug-likeness (QED) is 0.554. The average molecular weight is 228 g/mol. The summed E-state index contributed by atoms with van der Waals surface area (Å²) in [4.78, 5) is 10.2. The molecule has 0 saturated heterocycles. The summed E-state index contributed by atoms with van der Waals surface area (Å²) in [6.07, 6.45) is -4.61. The maximum Gasteiger partial charge on any atom is 1.00 e. The molecule has 0 saturated carbocycles. The summed E-state index contributed by atoms with van der Waals surface area (Å²) in [6.45, 7) is 0. The van der Waals surface area contributed by atoms with E-state index in [1.54, 1.807) is 0 Å². The van der Waals surface area contributed by atoms with E-state index >= 15 is 0 Å². The van der Waals surface area contributed by atoms with Crippen LogP contribution in [0.4, 0.5) is 13.2 Å². The van der Waals surface area contributed by atoms with Gasteiger partial charge in [-0.15, -0.1) is 0 Å². The topological polar surface area (TPSA) is 60.4 Å². The molecule has 0 radical (unpaired) electrons. The van der Waals surface area contributed by atoms with Crippen molar-refractivity contribution in [2.45, 2.75) is 6.18 Å². The van der Waals surface area contributed by atoms with Crippen LogP contribution in [0.25, 0.3) is 0 Å². The molecule has 0 fully saturated rings. The summed E-state index contributed by atoms with van der Waals surface area (Å²) < 4.78 is 36.1. The number of rotatable bonds is 1. The number of aromatic hydroxyl groups is 1. The van der Waals surface area contributed by atoms with Crippen LogP contribution in [0.5, 0.6) is 5.75 Å². The molecule has 0 unspecified atom stereocenters. The van der Waals surface area contributed by atoms with Gasteiger partial charge in [0, 0.05) is 5.56 Å². The van der Waals surface area contributed by atoms with Crippen LogP contribution in [0.3, 0.4) is 0 Å². The van der Waals surface area contributed by atoms with E-state index in [4.69, 9.17) is 5.11 Å². The molecule has 0 atom stereocenters. The Bertz CT molecular complexity index is 376. The van der Waals surface area contributed by atoms with Gasteiger partial charge in [-0.2, -0.15) is 13.2 Å². The van der Waals surface area contributed by atoms with Crippen molar-refractivity contribution in [1.82, 2.24) is 0 Å². The molecule has 3 nitrogen and oxygen atoms in total. The molecule has 0 aliphatic carbocycles. The Morgan fingerprint density at radius 1 is 1.33 bits per heavy atom. The van der Waals surface area contributed by atoms with Gasteiger partial charge >= 0.3 is 35.7 Å². The number of hydrogen-bond acceptors (Lipinski definition) is 3. The van der Waals surface area contributed by atoms with Crippen LogP contribution in [0.15, 0.2) is 18.2 Å². The van der Waals surface area contributed by atoms with E-state index in [9.17, 15) is 23.1 Å². The second-order valence-corrected chi connectivity index (χ2v) is 2.52. The number of phenols is 1. The zero-order chi connectivity index (χ0) is 10.9. The Morgan fingerprint density at radius 2 is 1.87 bits per heavy atom. The fourth-order valence-corrected chi connectivity index (χ4v) is 0.881. The van der Waals surface area contributed by atoms with Crippen molar-refractivity contribution in [1.29, 1.82) is 0 Å². The number of carbonyl (C=O) groups excluding carboxylic acids is 1. The van der Waals surface area contributed by atoms with E-state index in [2.05, 4.69) is 0 Å². The number of carboxylic acid groups (broad SMARTS) is 1. The summed E-state index contributed by atoms with van der Waals surface area (Å²) in [5.74, 6) is -2.68. The van der Waals surface area contributed by atoms with Gasteiger partial charge in [0.1, 0.15) is 5.75 Å². The van der Waals surface area contributed by atoms with Crippen molar-refractivity contribution in [2.75, 3.05) is 0 Å². The van der Waals surface area contributed by atoms with Gasteiger partial charge < -0.3 is 15.0 Å². The van der Waals surface area contributed by atoms with Crippen LogP contribution in [0.2, 0.25) is 0 Å². The minimum Gasteiger partial charge on any atom is -0.545 e. The monoisotopic (exact) mass is 228 g/mol. The SMILES string of the molecule is O=C([O-])c1ccc(C(F)(F)F)cc1O.[Na+]. The molecule has 0 aliphatic heterocycles. The summed E-state index contributed by atoms with van der Waals surface area (Å²) in [6, 6.07) is 1.55. The van der Waals surface area contributed by atoms with Crippen LogP contribution in [0, 0.1) is 0 Å². The Labute approximate surface area is 105 Å². The van der Waals surface area contributed by atoms with Crippen molar-refractivity contribution in [3.8, 4) is 5.75 Å². The number of alkyl halides is 3. The summed E-state index contributed by atoms with van der Waals surface area (Å²) in [7, 11) is 0. The molecular formula is C8H4F3NaO3. The third kappa shape index (κ3) is 3.40. The summed E-state index contributed by atoms with van der Waals surface area (Å²) in [5.41, 5.74) is -1.78. The maximum absolute atomic E-state index is 12.0. The molecule has 0 amide bonds. The second-order valence-electron chi connectivity index (χ2n) is 2.52. The van der Waals surface area contributed by atoms with Gasteiger partial charge in [0.2, 0.25) is 0 Å². The molecule has 1 aromatic rings. The molecule has 15 heavy (non-hydrogen) atoms. The fraction of sp³-hybridized carbons (Fsp3) is 0.125. The Hall–Kier alpha value is -0.720. The van der Waals surface area contributed by atoms with Crippen LogP contribution in [-0.4, -0.2) is 11.1 Å². The first kappa shape index (κ1) is 14.3. The molecule has 1 aromatic carbocycles. The van der Waals surface area contributed by atoms with E-state index in [1.165, 1.54) is 0 Å². The number of benzene rings is 1. The molecule has 0 bridgehead atoms. The van der Waals surface area contributed by atoms with Crippen molar-refractivity contribution in [3.05, 3.63) is 29.3 Å². The van der Waals surface area contributed by atoms with Crippen molar-refractivity contribution < 1.29 is 57.7 Å². The Morgan fingerprint density at radius 3 is 2.20 bits per heavy atom. The molecule has 0 spiro atoms. The van der Waals surface area contributed by atoms with Crippen molar-refractivity contribution >= 4 is 5.97 Å². The standard InChI is InChI=1S/C8H5F3O3.Na/c9-8(10,11)4-1-2-5(7(13)14)6(12)3-4;/h1-3,12H,(H,13,14);/q;+1/p-1. The van der Waals surface area contributed by atoms with Crippen molar-refractivity contribution in [2.24, 2.45) is 0 Å². The van der Waals surface area contributed by atoms with Crippen LogP contribution in [-0.2, 0) is 6.18 Å². The first-order chi connectivity index (χ1) is 6.32. The number of carboxylic acids is 1. The normalized spacial score (nSPS) is 10.6. The molecule has 0 heterocycles. The fourth-order valence-electron chi connectivity index (χ4n) is 0.881. The van der Waals surface area contributed by atoms with E-state index < -0.39 is 29.0 Å². The molecule has 1 N–H and O–H groups in total. The van der Waals surface area contributed by atoms with E-state index in [0.29, 0.717) is 18.2 Å². The number of aromatic carboxylic acids is 1. The van der Waals surface area contributed by atoms with E-state index in [-0.39, 0.29) is 29.6 Å². The Kier molecular flexibility index (Phi) is 4.64. The third-order valence-corrected chi connectivity index (χ3v) is 1.54. The van der Waals surface area contributed by atoms with Gasteiger partial charge in [-0.05, 0) is 18.2 Å². The molecule has 1 rings (SSSR count). The van der Waals surface area contributed by atoms with E-state index in [0.717, 1.165) is 0 Å². The zero-order valence-electron chi connectivity index (χ0n) is 7.63. The first-order valence-electron chi connectivity index (χ1n) is 3.44. The van der Waals surface area contributed by atoms with Gasteiger partial charge in [0.25, 0.3) is 0 Å². The smallest absolute Gasteiger partial charge is 0.545 e. The van der Waals surface area contributed by atoms with Gasteiger partial charge in [-0.1, -0.05) is 0 Å². The van der Waals surface area contributed by atoms with Crippen LogP contribution >= 0.6 is 0 Å². The van der Waals surface area contributed by atoms with Crippen LogP contribution < -0.4 is 34.7 Å². The Balaban J connectivity index is 0.00000196. The van der Waals surface area contributed by atoms with Gasteiger partial charge in [0.15, 0.2) is 0 Å². The molecular weight excluding hydrogens is 224 g/mol. The minimum atomic E-state index is -4.61. The predicted molar refractivity (Wildman–Crippen MR) is 37.4 cm³/mol. The van der Waals surface area contributed by atoms with Gasteiger partial charge in [-0.25, -0.2) is 0 Å². The summed E-state index contributed by atoms with van der Waals surface area (Å²) >= 11 is 0. The molecule has 7 heteroatoms. The van der Waals surface area contributed by atoms with Gasteiger partial charge in [-0.3, -0.25) is 0 Å². The average Bonchev–Trinajstić information content (AvgIpc) is 2.01. The van der Waals surface area contributed by atoms with Gasteiger partial charge in [0.05, 0.1) is 11.5 Å².